The number of likely N-dealkylation sites (N-methyl/N-ethyl adjacent to an activating group) is 1. The molecule has 2 atom stereocenters. The van der Waals surface area contributed by atoms with Gasteiger partial charge in [0.2, 0.25) is 0 Å². The van der Waals surface area contributed by atoms with Crippen LogP contribution in [0.4, 0.5) is 0 Å². The molecule has 0 aromatic carbocycles. The van der Waals surface area contributed by atoms with Crippen molar-refractivity contribution in [2.45, 2.75) is 44.2 Å². The molecule has 3 heteroatoms. The highest BCUT2D eigenvalue weighted by Crippen LogP contribution is 2.34. The third-order valence-electron chi connectivity index (χ3n) is 4.30. The van der Waals surface area contributed by atoms with E-state index in [9.17, 15) is 0 Å². The van der Waals surface area contributed by atoms with Gasteiger partial charge in [-0.15, -0.1) is 0 Å². The first-order chi connectivity index (χ1) is 7.29. The third kappa shape index (κ3) is 2.35. The molecule has 0 bridgehead atoms. The van der Waals surface area contributed by atoms with Crippen LogP contribution in [0.3, 0.4) is 0 Å². The molecule has 2 aliphatic rings. The molecule has 3 nitrogen and oxygen atoms in total. The van der Waals surface area contributed by atoms with Gasteiger partial charge in [-0.3, -0.25) is 0 Å². The molecule has 0 aromatic heterocycles. The summed E-state index contributed by atoms with van der Waals surface area (Å²) in [5.74, 6) is 0.652. The van der Waals surface area contributed by atoms with Crippen LogP contribution in [0.15, 0.2) is 0 Å². The average Bonchev–Trinajstić information content (AvgIpc) is 2.64. The summed E-state index contributed by atoms with van der Waals surface area (Å²) in [6, 6.07) is 0.548. The first kappa shape index (κ1) is 11.4. The fraction of sp³-hybridized carbons (Fsp3) is 1.00. The van der Waals surface area contributed by atoms with Crippen molar-refractivity contribution >= 4 is 0 Å². The van der Waals surface area contributed by atoms with Crippen LogP contribution in [-0.2, 0) is 4.74 Å². The van der Waals surface area contributed by atoms with Gasteiger partial charge in [0.25, 0.3) is 0 Å². The molecule has 2 N–H and O–H groups in total. The Hall–Kier alpha value is -0.120. The van der Waals surface area contributed by atoms with E-state index in [2.05, 4.69) is 17.6 Å². The molecule has 2 fully saturated rings. The van der Waals surface area contributed by atoms with Crippen LogP contribution in [0.1, 0.15) is 32.6 Å². The molecule has 15 heavy (non-hydrogen) atoms. The van der Waals surface area contributed by atoms with Crippen LogP contribution < -0.4 is 10.6 Å². The average molecular weight is 212 g/mol. The van der Waals surface area contributed by atoms with Crippen LogP contribution in [0.5, 0.6) is 0 Å². The van der Waals surface area contributed by atoms with E-state index in [1.54, 1.807) is 0 Å². The van der Waals surface area contributed by atoms with E-state index in [1.165, 1.54) is 25.7 Å². The predicted octanol–water partition coefficient (Wildman–Crippen LogP) is 1.14. The Morgan fingerprint density at radius 1 is 1.33 bits per heavy atom. The van der Waals surface area contributed by atoms with Crippen molar-refractivity contribution in [3.8, 4) is 0 Å². The number of hydrogen-bond acceptors (Lipinski definition) is 3. The quantitative estimate of drug-likeness (QED) is 0.717. The summed E-state index contributed by atoms with van der Waals surface area (Å²) in [5.41, 5.74) is 0.473. The van der Waals surface area contributed by atoms with Gasteiger partial charge in [0.15, 0.2) is 0 Å². The molecule has 1 aliphatic heterocycles. The molecule has 1 saturated heterocycles. The minimum absolute atomic E-state index is 0.473. The zero-order chi connectivity index (χ0) is 10.7. The Bertz CT molecular complexity index is 198. The number of ether oxygens (including phenoxy) is 1. The molecular formula is C12H24N2O. The van der Waals surface area contributed by atoms with Crippen molar-refractivity contribution in [2.75, 3.05) is 26.8 Å². The van der Waals surface area contributed by atoms with Crippen molar-refractivity contribution in [2.24, 2.45) is 5.92 Å². The van der Waals surface area contributed by atoms with Crippen LogP contribution >= 0.6 is 0 Å². The van der Waals surface area contributed by atoms with E-state index in [0.29, 0.717) is 17.5 Å². The maximum absolute atomic E-state index is 5.51. The van der Waals surface area contributed by atoms with Crippen molar-refractivity contribution in [1.82, 2.24) is 10.6 Å². The molecule has 88 valence electrons. The van der Waals surface area contributed by atoms with Gasteiger partial charge in [0, 0.05) is 24.0 Å². The van der Waals surface area contributed by atoms with Crippen LogP contribution in [0.25, 0.3) is 0 Å². The minimum Gasteiger partial charge on any atom is -0.379 e. The molecule has 0 amide bonds. The van der Waals surface area contributed by atoms with Crippen molar-refractivity contribution in [3.63, 3.8) is 0 Å². The van der Waals surface area contributed by atoms with E-state index in [4.69, 9.17) is 4.74 Å². The lowest BCUT2D eigenvalue weighted by atomic mass is 9.74. The normalized spacial score (nSPS) is 34.0. The van der Waals surface area contributed by atoms with Gasteiger partial charge in [-0.2, -0.15) is 0 Å². The fourth-order valence-corrected chi connectivity index (χ4v) is 2.73. The summed E-state index contributed by atoms with van der Waals surface area (Å²) in [6.45, 7) is 5.20. The Morgan fingerprint density at radius 3 is 2.67 bits per heavy atom. The maximum Gasteiger partial charge on any atom is 0.0623 e. The lowest BCUT2D eigenvalue weighted by molar-refractivity contribution is 0.155. The molecule has 1 saturated carbocycles. The predicted molar refractivity (Wildman–Crippen MR) is 62.0 cm³/mol. The lowest BCUT2D eigenvalue weighted by Gasteiger charge is -2.43. The van der Waals surface area contributed by atoms with Crippen LogP contribution in [0, 0.1) is 5.92 Å². The molecule has 0 radical (unpaired) electrons. The number of hydrogen-bond donors (Lipinski definition) is 2. The van der Waals surface area contributed by atoms with Crippen LogP contribution in [0.2, 0.25) is 0 Å². The van der Waals surface area contributed by atoms with E-state index < -0.39 is 0 Å². The lowest BCUT2D eigenvalue weighted by Crippen LogP contribution is -2.53. The summed E-state index contributed by atoms with van der Waals surface area (Å²) >= 11 is 0. The summed E-state index contributed by atoms with van der Waals surface area (Å²) in [7, 11) is 2.03. The minimum atomic E-state index is 0.473. The smallest absolute Gasteiger partial charge is 0.0623 e. The van der Waals surface area contributed by atoms with Gasteiger partial charge >= 0.3 is 0 Å². The molecule has 0 spiro atoms. The Balaban J connectivity index is 1.77. The SMILES string of the molecule is CCC1(NCC2COCC2NC)CCC1. The Kier molecular flexibility index (Phi) is 3.65. The maximum atomic E-state index is 5.51. The third-order valence-corrected chi connectivity index (χ3v) is 4.30. The van der Waals surface area contributed by atoms with Gasteiger partial charge < -0.3 is 15.4 Å². The van der Waals surface area contributed by atoms with Crippen LogP contribution in [-0.4, -0.2) is 38.4 Å². The highest BCUT2D eigenvalue weighted by Gasteiger charge is 2.36. The zero-order valence-corrected chi connectivity index (χ0v) is 10.0. The Morgan fingerprint density at radius 2 is 2.13 bits per heavy atom. The van der Waals surface area contributed by atoms with Gasteiger partial charge in [0.05, 0.1) is 13.2 Å². The topological polar surface area (TPSA) is 33.3 Å². The number of rotatable bonds is 5. The summed E-state index contributed by atoms with van der Waals surface area (Å²) in [6.07, 6.45) is 5.39. The molecule has 0 aromatic rings. The summed E-state index contributed by atoms with van der Waals surface area (Å²) in [4.78, 5) is 0. The van der Waals surface area contributed by atoms with E-state index in [0.717, 1.165) is 19.8 Å². The van der Waals surface area contributed by atoms with E-state index >= 15 is 0 Å². The van der Waals surface area contributed by atoms with Crippen molar-refractivity contribution in [3.05, 3.63) is 0 Å². The monoisotopic (exact) mass is 212 g/mol. The second kappa shape index (κ2) is 4.81. The van der Waals surface area contributed by atoms with Gasteiger partial charge in [-0.05, 0) is 32.7 Å². The number of nitrogens with one attached hydrogen (secondary N) is 2. The van der Waals surface area contributed by atoms with Gasteiger partial charge in [-0.25, -0.2) is 0 Å². The molecule has 2 rings (SSSR count). The van der Waals surface area contributed by atoms with Crippen molar-refractivity contribution in [1.29, 1.82) is 0 Å². The van der Waals surface area contributed by atoms with Gasteiger partial charge in [-0.1, -0.05) is 6.92 Å². The summed E-state index contributed by atoms with van der Waals surface area (Å²) in [5, 5.41) is 7.11. The molecular weight excluding hydrogens is 188 g/mol. The highest BCUT2D eigenvalue weighted by molar-refractivity contribution is 4.96. The van der Waals surface area contributed by atoms with Gasteiger partial charge in [0.1, 0.15) is 0 Å². The first-order valence-electron chi connectivity index (χ1n) is 6.30. The Labute approximate surface area is 93.0 Å². The highest BCUT2D eigenvalue weighted by atomic mass is 16.5. The molecule has 1 heterocycles. The largest absolute Gasteiger partial charge is 0.379 e. The first-order valence-corrected chi connectivity index (χ1v) is 6.30. The second-order valence-corrected chi connectivity index (χ2v) is 5.06. The summed E-state index contributed by atoms with van der Waals surface area (Å²) < 4.78 is 5.51. The fourth-order valence-electron chi connectivity index (χ4n) is 2.73. The molecule has 2 unspecified atom stereocenters. The van der Waals surface area contributed by atoms with Crippen molar-refractivity contribution < 1.29 is 4.74 Å². The second-order valence-electron chi connectivity index (χ2n) is 5.06. The van der Waals surface area contributed by atoms with E-state index in [1.807, 2.05) is 7.05 Å². The molecule has 1 aliphatic carbocycles. The zero-order valence-electron chi connectivity index (χ0n) is 10.0. The van der Waals surface area contributed by atoms with E-state index in [-0.39, 0.29) is 0 Å². The standard InChI is InChI=1S/C12H24N2O/c1-3-12(5-4-6-12)14-7-10-8-15-9-11(10)13-2/h10-11,13-14H,3-9H2,1-2H3.